The van der Waals surface area contributed by atoms with E-state index in [1.807, 2.05) is 4.90 Å². The van der Waals surface area contributed by atoms with Crippen LogP contribution in [-0.2, 0) is 22.7 Å². The second-order valence-electron chi connectivity index (χ2n) is 7.27. The molecule has 1 aliphatic heterocycles. The van der Waals surface area contributed by atoms with Crippen LogP contribution in [0.15, 0.2) is 30.5 Å². The molecule has 0 atom stereocenters. The maximum absolute atomic E-state index is 13.0. The molecule has 1 saturated heterocycles. The minimum atomic E-state index is -4.39. The highest BCUT2D eigenvalue weighted by Crippen LogP contribution is 2.31. The molecule has 30 heavy (non-hydrogen) atoms. The number of nitrogens with zero attached hydrogens (tertiary/aromatic N) is 4. The van der Waals surface area contributed by atoms with Gasteiger partial charge in [0.1, 0.15) is 0 Å². The minimum absolute atomic E-state index is 0.0457. The first-order valence-corrected chi connectivity index (χ1v) is 11.0. The van der Waals surface area contributed by atoms with E-state index in [2.05, 4.69) is 9.82 Å². The van der Waals surface area contributed by atoms with Crippen LogP contribution in [0.4, 0.5) is 23.8 Å². The van der Waals surface area contributed by atoms with E-state index in [-0.39, 0.29) is 5.82 Å². The average molecular weight is 445 g/mol. The second kappa shape index (κ2) is 8.26. The van der Waals surface area contributed by atoms with Crippen LogP contribution in [0.25, 0.3) is 0 Å². The Labute approximate surface area is 172 Å². The van der Waals surface area contributed by atoms with Crippen molar-refractivity contribution < 1.29 is 26.4 Å². The predicted octanol–water partition coefficient (Wildman–Crippen LogP) is 2.37. The molecular formula is C18H22F3N5O3S. The molecular weight excluding hydrogens is 423 g/mol. The number of nitrogens with one attached hydrogen (secondary N) is 1. The molecule has 0 aliphatic carbocycles. The molecule has 1 amide bonds. The normalized spacial score (nSPS) is 16.0. The number of piperazine rings is 1. The number of carbonyl (C=O) groups is 1. The third-order valence-corrected chi connectivity index (χ3v) is 5.17. The van der Waals surface area contributed by atoms with Crippen molar-refractivity contribution in [1.29, 1.82) is 0 Å². The summed E-state index contributed by atoms with van der Waals surface area (Å²) < 4.78 is 64.8. The minimum Gasteiger partial charge on any atom is -0.320 e. The number of hydrogen-bond acceptors (Lipinski definition) is 5. The second-order valence-corrected chi connectivity index (χ2v) is 9.02. The van der Waals surface area contributed by atoms with Crippen LogP contribution in [0.2, 0.25) is 0 Å². The van der Waals surface area contributed by atoms with Crippen molar-refractivity contribution in [3.63, 3.8) is 0 Å². The van der Waals surface area contributed by atoms with Gasteiger partial charge >= 0.3 is 12.2 Å². The number of hydrogen-bond donors (Lipinski definition) is 1. The zero-order valence-corrected chi connectivity index (χ0v) is 17.3. The molecule has 2 aromatic rings. The fourth-order valence-electron chi connectivity index (χ4n) is 3.29. The Hall–Kier alpha value is -2.60. The van der Waals surface area contributed by atoms with E-state index in [9.17, 15) is 26.4 Å². The number of aryl methyl sites for hydroxylation is 1. The van der Waals surface area contributed by atoms with Crippen molar-refractivity contribution >= 4 is 21.9 Å². The molecule has 12 heteroatoms. The van der Waals surface area contributed by atoms with E-state index in [4.69, 9.17) is 0 Å². The van der Waals surface area contributed by atoms with E-state index < -0.39 is 27.8 Å². The molecule has 1 fully saturated rings. The van der Waals surface area contributed by atoms with Crippen molar-refractivity contribution in [3.05, 3.63) is 47.2 Å². The molecule has 1 N–H and O–H groups in total. The van der Waals surface area contributed by atoms with E-state index in [1.54, 1.807) is 17.9 Å². The quantitative estimate of drug-likeness (QED) is 0.781. The molecule has 0 unspecified atom stereocenters. The Bertz CT molecular complexity index is 1030. The molecule has 0 bridgehead atoms. The van der Waals surface area contributed by atoms with E-state index in [0.29, 0.717) is 43.9 Å². The van der Waals surface area contributed by atoms with Crippen molar-refractivity contribution in [1.82, 2.24) is 19.6 Å². The number of sulfonamides is 1. The fraction of sp³-hybridized carbons (Fsp3) is 0.444. The monoisotopic (exact) mass is 445 g/mol. The average Bonchev–Trinajstić information content (AvgIpc) is 3.07. The zero-order chi connectivity index (χ0) is 22.1. The summed E-state index contributed by atoms with van der Waals surface area (Å²) in [5.41, 5.74) is 0.458. The van der Waals surface area contributed by atoms with Crippen molar-refractivity contribution in [2.75, 3.05) is 37.2 Å². The summed E-state index contributed by atoms with van der Waals surface area (Å²) in [6.07, 6.45) is -2.03. The van der Waals surface area contributed by atoms with Crippen LogP contribution in [-0.4, -0.2) is 66.5 Å². The van der Waals surface area contributed by atoms with Gasteiger partial charge in [-0.15, -0.1) is 5.10 Å². The predicted molar refractivity (Wildman–Crippen MR) is 105 cm³/mol. The first-order valence-electron chi connectivity index (χ1n) is 9.13. The summed E-state index contributed by atoms with van der Waals surface area (Å²) in [6, 6.07) is 4.99. The van der Waals surface area contributed by atoms with Crippen LogP contribution in [0.5, 0.6) is 0 Å². The summed E-state index contributed by atoms with van der Waals surface area (Å²) in [6.45, 7) is 3.74. The molecule has 0 saturated carbocycles. The number of aromatic nitrogens is 2. The maximum Gasteiger partial charge on any atom is 0.416 e. The van der Waals surface area contributed by atoms with Gasteiger partial charge in [-0.2, -0.15) is 17.9 Å². The molecule has 0 radical (unpaired) electrons. The highest BCUT2D eigenvalue weighted by Gasteiger charge is 2.31. The lowest BCUT2D eigenvalue weighted by molar-refractivity contribution is -0.137. The molecule has 8 nitrogen and oxygen atoms in total. The van der Waals surface area contributed by atoms with E-state index >= 15 is 0 Å². The Morgan fingerprint density at radius 1 is 1.17 bits per heavy atom. The number of rotatable bonds is 4. The van der Waals surface area contributed by atoms with Gasteiger partial charge in [-0.05, 0) is 24.6 Å². The Kier molecular flexibility index (Phi) is 6.09. The van der Waals surface area contributed by atoms with Crippen LogP contribution >= 0.6 is 0 Å². The molecule has 1 aromatic carbocycles. The third-order valence-electron chi connectivity index (χ3n) is 4.59. The van der Waals surface area contributed by atoms with Gasteiger partial charge in [0.2, 0.25) is 10.0 Å². The van der Waals surface area contributed by atoms with Gasteiger partial charge in [0.05, 0.1) is 11.8 Å². The van der Waals surface area contributed by atoms with E-state index in [0.717, 1.165) is 23.1 Å². The van der Waals surface area contributed by atoms with Crippen LogP contribution in [0.3, 0.4) is 0 Å². The van der Waals surface area contributed by atoms with Gasteiger partial charge in [0.15, 0.2) is 5.82 Å². The molecule has 1 aromatic heterocycles. The van der Waals surface area contributed by atoms with Crippen LogP contribution in [0, 0.1) is 6.92 Å². The summed E-state index contributed by atoms with van der Waals surface area (Å²) in [7, 11) is -3.49. The number of anilines is 1. The lowest BCUT2D eigenvalue weighted by Crippen LogP contribution is -2.49. The largest absolute Gasteiger partial charge is 0.416 e. The SMILES string of the molecule is Cc1cc(CN2CCN(C(=O)n3ccc(NS(C)(=O)=O)n3)CC2)cc(C(F)(F)F)c1. The van der Waals surface area contributed by atoms with Gasteiger partial charge in [-0.3, -0.25) is 9.62 Å². The van der Waals surface area contributed by atoms with E-state index in [1.165, 1.54) is 12.3 Å². The standard InChI is InChI=1S/C18H22F3N5O3S/c1-13-9-14(11-15(10-13)18(19,20)21)12-24-5-7-25(8-6-24)17(27)26-4-3-16(22-26)23-30(2,28)29/h3-4,9-11H,5-8,12H2,1-2H3,(H,22,23). The number of alkyl halides is 3. The first kappa shape index (κ1) is 22.1. The number of amides is 1. The Morgan fingerprint density at radius 3 is 2.43 bits per heavy atom. The summed E-state index contributed by atoms with van der Waals surface area (Å²) in [5, 5.41) is 3.91. The lowest BCUT2D eigenvalue weighted by Gasteiger charge is -2.34. The van der Waals surface area contributed by atoms with Crippen LogP contribution < -0.4 is 4.72 Å². The summed E-state index contributed by atoms with van der Waals surface area (Å²) in [5.74, 6) is 0.0457. The van der Waals surface area contributed by atoms with Gasteiger partial charge in [-0.1, -0.05) is 11.6 Å². The topological polar surface area (TPSA) is 87.5 Å². The van der Waals surface area contributed by atoms with Gasteiger partial charge < -0.3 is 4.90 Å². The molecule has 1 aliphatic rings. The van der Waals surface area contributed by atoms with Crippen molar-refractivity contribution in [2.24, 2.45) is 0 Å². The van der Waals surface area contributed by atoms with Crippen molar-refractivity contribution in [3.8, 4) is 0 Å². The summed E-state index contributed by atoms with van der Waals surface area (Å²) in [4.78, 5) is 16.1. The Morgan fingerprint density at radius 2 is 1.83 bits per heavy atom. The molecule has 3 rings (SSSR count). The number of carbonyl (C=O) groups excluding carboxylic acids is 1. The zero-order valence-electron chi connectivity index (χ0n) is 16.5. The van der Waals surface area contributed by atoms with Crippen molar-refractivity contribution in [2.45, 2.75) is 19.6 Å². The number of halogens is 3. The van der Waals surface area contributed by atoms with Gasteiger partial charge in [0.25, 0.3) is 0 Å². The van der Waals surface area contributed by atoms with Gasteiger partial charge in [0, 0.05) is 45.0 Å². The maximum atomic E-state index is 13.0. The highest BCUT2D eigenvalue weighted by atomic mass is 32.2. The molecule has 2 heterocycles. The highest BCUT2D eigenvalue weighted by molar-refractivity contribution is 7.92. The third kappa shape index (κ3) is 5.72. The summed E-state index contributed by atoms with van der Waals surface area (Å²) >= 11 is 0. The smallest absolute Gasteiger partial charge is 0.320 e. The Balaban J connectivity index is 1.59. The first-order chi connectivity index (χ1) is 13.9. The number of benzene rings is 1. The molecule has 164 valence electrons. The fourth-order valence-corrected chi connectivity index (χ4v) is 3.78. The van der Waals surface area contributed by atoms with Gasteiger partial charge in [-0.25, -0.2) is 13.2 Å². The molecule has 0 spiro atoms. The lowest BCUT2D eigenvalue weighted by atomic mass is 10.1. The van der Waals surface area contributed by atoms with Crippen LogP contribution in [0.1, 0.15) is 16.7 Å².